The molecule has 1 aliphatic heterocycles. The zero-order chi connectivity index (χ0) is 15.2. The SMILES string of the molecule is CCOc1ccc([N+](=O)[O-])cc1CNCC1CCN(C)C1. The molecule has 0 saturated carbocycles. The van der Waals surface area contributed by atoms with Gasteiger partial charge >= 0.3 is 0 Å². The van der Waals surface area contributed by atoms with Crippen molar-refractivity contribution in [2.24, 2.45) is 5.92 Å². The molecule has 1 N–H and O–H groups in total. The maximum atomic E-state index is 10.9. The van der Waals surface area contributed by atoms with Crippen LogP contribution in [0.3, 0.4) is 0 Å². The predicted octanol–water partition coefficient (Wildman–Crippen LogP) is 2.03. The van der Waals surface area contributed by atoms with Gasteiger partial charge in [0, 0.05) is 30.8 Å². The van der Waals surface area contributed by atoms with Crippen LogP contribution in [0.15, 0.2) is 18.2 Å². The van der Waals surface area contributed by atoms with E-state index in [-0.39, 0.29) is 10.6 Å². The number of non-ortho nitro benzene ring substituents is 1. The molecule has 1 aromatic carbocycles. The number of nitro benzene ring substituents is 1. The fourth-order valence-corrected chi connectivity index (χ4v) is 2.72. The largest absolute Gasteiger partial charge is 0.494 e. The highest BCUT2D eigenvalue weighted by Gasteiger charge is 2.19. The molecule has 0 aromatic heterocycles. The third kappa shape index (κ3) is 4.41. The maximum absolute atomic E-state index is 10.9. The van der Waals surface area contributed by atoms with Gasteiger partial charge in [0.15, 0.2) is 0 Å². The fourth-order valence-electron chi connectivity index (χ4n) is 2.72. The minimum absolute atomic E-state index is 0.107. The van der Waals surface area contributed by atoms with Gasteiger partial charge < -0.3 is 15.0 Å². The summed E-state index contributed by atoms with van der Waals surface area (Å²) in [6.45, 7) is 6.24. The van der Waals surface area contributed by atoms with Crippen LogP contribution in [0.1, 0.15) is 18.9 Å². The number of ether oxygens (including phenoxy) is 1. The molecule has 0 spiro atoms. The average Bonchev–Trinajstić information content (AvgIpc) is 2.86. The summed E-state index contributed by atoms with van der Waals surface area (Å²) in [5.74, 6) is 1.38. The molecule has 0 bridgehead atoms. The summed E-state index contributed by atoms with van der Waals surface area (Å²) in [6.07, 6.45) is 1.21. The van der Waals surface area contributed by atoms with Gasteiger partial charge in [-0.25, -0.2) is 0 Å². The fraction of sp³-hybridized carbons (Fsp3) is 0.600. The second-order valence-electron chi connectivity index (χ2n) is 5.53. The van der Waals surface area contributed by atoms with E-state index in [1.165, 1.54) is 12.5 Å². The minimum Gasteiger partial charge on any atom is -0.494 e. The Morgan fingerprint density at radius 1 is 1.52 bits per heavy atom. The molecular formula is C15H23N3O3. The van der Waals surface area contributed by atoms with Crippen LogP contribution in [0.25, 0.3) is 0 Å². The van der Waals surface area contributed by atoms with Crippen molar-refractivity contribution in [2.75, 3.05) is 33.3 Å². The van der Waals surface area contributed by atoms with Gasteiger partial charge in [-0.1, -0.05) is 0 Å². The van der Waals surface area contributed by atoms with E-state index in [1.807, 2.05) is 6.92 Å². The standard InChI is InChI=1S/C15H23N3O3/c1-3-21-15-5-4-14(18(19)20)8-13(15)10-16-9-12-6-7-17(2)11-12/h4-5,8,12,16H,3,6-7,9-11H2,1-2H3. The molecule has 0 radical (unpaired) electrons. The Morgan fingerprint density at radius 2 is 2.33 bits per heavy atom. The van der Waals surface area contributed by atoms with E-state index >= 15 is 0 Å². The maximum Gasteiger partial charge on any atom is 0.270 e. The number of nitrogens with zero attached hydrogens (tertiary/aromatic N) is 2. The number of rotatable bonds is 7. The number of nitro groups is 1. The lowest BCUT2D eigenvalue weighted by atomic mass is 10.1. The van der Waals surface area contributed by atoms with Crippen molar-refractivity contribution in [3.05, 3.63) is 33.9 Å². The monoisotopic (exact) mass is 293 g/mol. The van der Waals surface area contributed by atoms with Crippen molar-refractivity contribution >= 4 is 5.69 Å². The molecule has 6 nitrogen and oxygen atoms in total. The highest BCUT2D eigenvalue weighted by atomic mass is 16.6. The Labute approximate surface area is 125 Å². The highest BCUT2D eigenvalue weighted by Crippen LogP contribution is 2.24. The Balaban J connectivity index is 1.96. The van der Waals surface area contributed by atoms with E-state index in [0.717, 1.165) is 30.9 Å². The quantitative estimate of drug-likeness (QED) is 0.615. The van der Waals surface area contributed by atoms with Crippen LogP contribution < -0.4 is 10.1 Å². The van der Waals surface area contributed by atoms with Gasteiger partial charge in [0.25, 0.3) is 5.69 Å². The van der Waals surface area contributed by atoms with E-state index in [4.69, 9.17) is 4.74 Å². The molecule has 116 valence electrons. The lowest BCUT2D eigenvalue weighted by molar-refractivity contribution is -0.384. The molecule has 6 heteroatoms. The van der Waals surface area contributed by atoms with E-state index in [2.05, 4.69) is 17.3 Å². The van der Waals surface area contributed by atoms with Gasteiger partial charge in [0.2, 0.25) is 0 Å². The summed E-state index contributed by atoms with van der Waals surface area (Å²) in [6, 6.07) is 4.77. The first-order valence-corrected chi connectivity index (χ1v) is 7.39. The number of benzene rings is 1. The topological polar surface area (TPSA) is 67.6 Å². The van der Waals surface area contributed by atoms with E-state index < -0.39 is 0 Å². The lowest BCUT2D eigenvalue weighted by Crippen LogP contribution is -2.25. The molecule has 1 heterocycles. The minimum atomic E-state index is -0.370. The van der Waals surface area contributed by atoms with E-state index in [1.54, 1.807) is 12.1 Å². The normalized spacial score (nSPS) is 18.9. The van der Waals surface area contributed by atoms with E-state index in [0.29, 0.717) is 19.1 Å². The second kappa shape index (κ2) is 7.38. The molecule has 1 atom stereocenters. The van der Waals surface area contributed by atoms with Crippen molar-refractivity contribution in [3.8, 4) is 5.75 Å². The zero-order valence-corrected chi connectivity index (χ0v) is 12.7. The Morgan fingerprint density at radius 3 is 2.95 bits per heavy atom. The van der Waals surface area contributed by atoms with Gasteiger partial charge in [0.1, 0.15) is 5.75 Å². The van der Waals surface area contributed by atoms with Crippen molar-refractivity contribution in [2.45, 2.75) is 19.9 Å². The molecule has 21 heavy (non-hydrogen) atoms. The van der Waals surface area contributed by atoms with Gasteiger partial charge in [0.05, 0.1) is 11.5 Å². The summed E-state index contributed by atoms with van der Waals surface area (Å²) in [5, 5.41) is 14.3. The number of hydrogen-bond donors (Lipinski definition) is 1. The number of likely N-dealkylation sites (tertiary alicyclic amines) is 1. The summed E-state index contributed by atoms with van der Waals surface area (Å²) in [5.41, 5.74) is 0.952. The van der Waals surface area contributed by atoms with Gasteiger partial charge in [-0.05, 0) is 45.5 Å². The van der Waals surface area contributed by atoms with Crippen LogP contribution in [0.4, 0.5) is 5.69 Å². The highest BCUT2D eigenvalue weighted by molar-refractivity contribution is 5.43. The summed E-state index contributed by atoms with van der Waals surface area (Å²) >= 11 is 0. The third-order valence-corrected chi connectivity index (χ3v) is 3.79. The Bertz CT molecular complexity index is 493. The van der Waals surface area contributed by atoms with Crippen molar-refractivity contribution < 1.29 is 9.66 Å². The Kier molecular flexibility index (Phi) is 5.52. The molecule has 0 aliphatic carbocycles. The van der Waals surface area contributed by atoms with Gasteiger partial charge in [-0.3, -0.25) is 10.1 Å². The Hall–Kier alpha value is -1.66. The number of hydrogen-bond acceptors (Lipinski definition) is 5. The molecule has 0 amide bonds. The average molecular weight is 293 g/mol. The smallest absolute Gasteiger partial charge is 0.270 e. The van der Waals surface area contributed by atoms with Crippen LogP contribution in [0.5, 0.6) is 5.75 Å². The van der Waals surface area contributed by atoms with Gasteiger partial charge in [-0.2, -0.15) is 0 Å². The molecule has 1 fully saturated rings. The number of nitrogens with one attached hydrogen (secondary N) is 1. The van der Waals surface area contributed by atoms with E-state index in [9.17, 15) is 10.1 Å². The van der Waals surface area contributed by atoms with Crippen LogP contribution in [0, 0.1) is 16.0 Å². The predicted molar refractivity (Wildman–Crippen MR) is 81.6 cm³/mol. The lowest BCUT2D eigenvalue weighted by Gasteiger charge is -2.14. The first-order chi connectivity index (χ1) is 10.1. The first kappa shape index (κ1) is 15.7. The van der Waals surface area contributed by atoms with Crippen molar-refractivity contribution in [1.29, 1.82) is 0 Å². The van der Waals surface area contributed by atoms with Crippen molar-refractivity contribution in [3.63, 3.8) is 0 Å². The molecule has 2 rings (SSSR count). The summed E-state index contributed by atoms with van der Waals surface area (Å²) in [4.78, 5) is 12.8. The summed E-state index contributed by atoms with van der Waals surface area (Å²) < 4.78 is 5.54. The molecule has 1 aromatic rings. The van der Waals surface area contributed by atoms with Crippen LogP contribution in [0.2, 0.25) is 0 Å². The second-order valence-corrected chi connectivity index (χ2v) is 5.53. The van der Waals surface area contributed by atoms with Crippen molar-refractivity contribution in [1.82, 2.24) is 10.2 Å². The molecular weight excluding hydrogens is 270 g/mol. The molecule has 1 unspecified atom stereocenters. The van der Waals surface area contributed by atoms with Crippen LogP contribution in [-0.4, -0.2) is 43.1 Å². The van der Waals surface area contributed by atoms with Crippen LogP contribution in [-0.2, 0) is 6.54 Å². The van der Waals surface area contributed by atoms with Crippen LogP contribution >= 0.6 is 0 Å². The van der Waals surface area contributed by atoms with Gasteiger partial charge in [-0.15, -0.1) is 0 Å². The molecule has 1 aliphatic rings. The zero-order valence-electron chi connectivity index (χ0n) is 12.7. The first-order valence-electron chi connectivity index (χ1n) is 7.39. The third-order valence-electron chi connectivity index (χ3n) is 3.79. The molecule has 1 saturated heterocycles. The summed E-state index contributed by atoms with van der Waals surface area (Å²) in [7, 11) is 2.13.